The van der Waals surface area contributed by atoms with Gasteiger partial charge in [-0.1, -0.05) is 55.8 Å². The van der Waals surface area contributed by atoms with Gasteiger partial charge in [0.2, 0.25) is 5.91 Å². The van der Waals surface area contributed by atoms with Crippen molar-refractivity contribution < 1.29 is 9.59 Å². The highest BCUT2D eigenvalue weighted by Crippen LogP contribution is 2.39. The molecule has 0 spiro atoms. The molecule has 160 valence electrons. The van der Waals surface area contributed by atoms with Gasteiger partial charge < -0.3 is 10.6 Å². The number of hydrogen-bond acceptors (Lipinski definition) is 3. The summed E-state index contributed by atoms with van der Waals surface area (Å²) >= 11 is 0. The van der Waals surface area contributed by atoms with Crippen LogP contribution in [0.25, 0.3) is 0 Å². The van der Waals surface area contributed by atoms with Crippen molar-refractivity contribution in [3.8, 4) is 0 Å². The molecule has 1 aromatic heterocycles. The van der Waals surface area contributed by atoms with Crippen LogP contribution in [0, 0.1) is 13.8 Å². The molecular formula is C25H28N4O2. The first kappa shape index (κ1) is 20.8. The van der Waals surface area contributed by atoms with Crippen LogP contribution in [0.5, 0.6) is 0 Å². The Hall–Kier alpha value is -3.41. The van der Waals surface area contributed by atoms with Crippen LogP contribution < -0.4 is 10.6 Å². The van der Waals surface area contributed by atoms with Crippen LogP contribution in [0.4, 0.5) is 5.82 Å². The fourth-order valence-corrected chi connectivity index (χ4v) is 4.31. The molecule has 3 aromatic rings. The highest BCUT2D eigenvalue weighted by atomic mass is 16.2. The predicted octanol–water partition coefficient (Wildman–Crippen LogP) is 4.04. The van der Waals surface area contributed by atoms with Gasteiger partial charge in [-0.25, -0.2) is 0 Å². The summed E-state index contributed by atoms with van der Waals surface area (Å²) in [5, 5.41) is 10.5. The van der Waals surface area contributed by atoms with Crippen molar-refractivity contribution in [2.24, 2.45) is 7.05 Å². The zero-order chi connectivity index (χ0) is 22.3. The van der Waals surface area contributed by atoms with Crippen LogP contribution in [0.1, 0.15) is 64.0 Å². The number of amides is 2. The first-order valence-electron chi connectivity index (χ1n) is 10.6. The third kappa shape index (κ3) is 3.85. The molecule has 4 rings (SSSR count). The van der Waals surface area contributed by atoms with Crippen LogP contribution in [-0.4, -0.2) is 27.6 Å². The SMILES string of the molecule is Cc1cccc(C(=O)NC2C(=O)Nc3c(c(C)nn3C)C2c2ccc(C(C)C)cc2)c1. The number of aromatic nitrogens is 2. The lowest BCUT2D eigenvalue weighted by atomic mass is 9.81. The molecule has 0 bridgehead atoms. The van der Waals surface area contributed by atoms with Gasteiger partial charge in [-0.05, 0) is 43.0 Å². The number of rotatable bonds is 4. The van der Waals surface area contributed by atoms with Gasteiger partial charge in [0.25, 0.3) is 5.91 Å². The minimum absolute atomic E-state index is 0.241. The normalized spacial score (nSPS) is 17.9. The van der Waals surface area contributed by atoms with E-state index in [2.05, 4.69) is 53.8 Å². The van der Waals surface area contributed by atoms with Crippen molar-refractivity contribution in [2.45, 2.75) is 45.6 Å². The Labute approximate surface area is 182 Å². The molecule has 0 radical (unpaired) electrons. The van der Waals surface area contributed by atoms with Crippen molar-refractivity contribution >= 4 is 17.6 Å². The molecule has 0 fully saturated rings. The van der Waals surface area contributed by atoms with E-state index in [-0.39, 0.29) is 17.7 Å². The zero-order valence-corrected chi connectivity index (χ0v) is 18.6. The summed E-state index contributed by atoms with van der Waals surface area (Å²) in [5.41, 5.74) is 5.51. The number of fused-ring (bicyclic) bond motifs is 1. The van der Waals surface area contributed by atoms with Crippen molar-refractivity contribution in [1.82, 2.24) is 15.1 Å². The molecule has 0 saturated carbocycles. The van der Waals surface area contributed by atoms with Crippen LogP contribution in [-0.2, 0) is 11.8 Å². The smallest absolute Gasteiger partial charge is 0.251 e. The zero-order valence-electron chi connectivity index (χ0n) is 18.6. The summed E-state index contributed by atoms with van der Waals surface area (Å²) in [6.07, 6.45) is 0. The Bertz CT molecular complexity index is 1140. The fourth-order valence-electron chi connectivity index (χ4n) is 4.31. The molecule has 0 saturated heterocycles. The third-order valence-corrected chi connectivity index (χ3v) is 5.97. The van der Waals surface area contributed by atoms with Crippen LogP contribution in [0.3, 0.4) is 0 Å². The molecule has 6 heteroatoms. The maximum Gasteiger partial charge on any atom is 0.251 e. The van der Waals surface area contributed by atoms with E-state index >= 15 is 0 Å². The van der Waals surface area contributed by atoms with Gasteiger partial charge in [-0.15, -0.1) is 0 Å². The van der Waals surface area contributed by atoms with Gasteiger partial charge in [0.15, 0.2) is 0 Å². The van der Waals surface area contributed by atoms with E-state index in [4.69, 9.17) is 0 Å². The first-order chi connectivity index (χ1) is 14.8. The van der Waals surface area contributed by atoms with Gasteiger partial charge in [0.1, 0.15) is 11.9 Å². The van der Waals surface area contributed by atoms with E-state index in [1.807, 2.05) is 39.1 Å². The second kappa shape index (κ2) is 8.02. The largest absolute Gasteiger partial charge is 0.339 e. The standard InChI is InChI=1S/C25H28N4O2/c1-14(2)17-9-11-18(12-10-17)21-20-16(4)28-29(5)23(20)27-25(31)22(21)26-24(30)19-8-6-7-15(3)13-19/h6-14,21-22H,1-5H3,(H,26,30)(H,27,31). The van der Waals surface area contributed by atoms with Crippen LogP contribution in [0.15, 0.2) is 48.5 Å². The number of anilines is 1. The Morgan fingerprint density at radius 2 is 1.84 bits per heavy atom. The van der Waals surface area contributed by atoms with Crippen LogP contribution in [0.2, 0.25) is 0 Å². The lowest BCUT2D eigenvalue weighted by Gasteiger charge is -2.32. The summed E-state index contributed by atoms with van der Waals surface area (Å²) in [6.45, 7) is 8.17. The second-order valence-electron chi connectivity index (χ2n) is 8.58. The van der Waals surface area contributed by atoms with Crippen molar-refractivity contribution in [1.29, 1.82) is 0 Å². The third-order valence-electron chi connectivity index (χ3n) is 5.97. The lowest BCUT2D eigenvalue weighted by Crippen LogP contribution is -2.50. The molecule has 31 heavy (non-hydrogen) atoms. The molecule has 1 aliphatic rings. The molecule has 2 amide bonds. The highest BCUT2D eigenvalue weighted by molar-refractivity contribution is 6.04. The predicted molar refractivity (Wildman–Crippen MR) is 121 cm³/mol. The lowest BCUT2D eigenvalue weighted by molar-refractivity contribution is -0.118. The van der Waals surface area contributed by atoms with Gasteiger partial charge in [-0.3, -0.25) is 14.3 Å². The molecule has 6 nitrogen and oxygen atoms in total. The minimum Gasteiger partial charge on any atom is -0.339 e. The van der Waals surface area contributed by atoms with E-state index in [0.717, 1.165) is 22.4 Å². The summed E-state index contributed by atoms with van der Waals surface area (Å²) in [4.78, 5) is 26.2. The van der Waals surface area contributed by atoms with Gasteiger partial charge >= 0.3 is 0 Å². The van der Waals surface area contributed by atoms with Crippen molar-refractivity contribution in [3.05, 3.63) is 82.0 Å². The van der Waals surface area contributed by atoms with E-state index in [1.165, 1.54) is 5.56 Å². The fraction of sp³-hybridized carbons (Fsp3) is 0.320. The number of benzene rings is 2. The average molecular weight is 417 g/mol. The van der Waals surface area contributed by atoms with Crippen molar-refractivity contribution in [3.63, 3.8) is 0 Å². The number of carbonyl (C=O) groups is 2. The average Bonchev–Trinajstić information content (AvgIpc) is 3.01. The minimum atomic E-state index is -0.742. The molecule has 2 aromatic carbocycles. The topological polar surface area (TPSA) is 76.0 Å². The van der Waals surface area contributed by atoms with Gasteiger partial charge in [0.05, 0.1) is 5.69 Å². The van der Waals surface area contributed by atoms with Gasteiger partial charge in [0, 0.05) is 24.1 Å². The number of nitrogens with one attached hydrogen (secondary N) is 2. The number of hydrogen-bond donors (Lipinski definition) is 2. The summed E-state index contributed by atoms with van der Waals surface area (Å²) in [7, 11) is 1.82. The molecule has 2 heterocycles. The Morgan fingerprint density at radius 3 is 2.48 bits per heavy atom. The Kier molecular flexibility index (Phi) is 5.39. The van der Waals surface area contributed by atoms with E-state index in [9.17, 15) is 9.59 Å². The Balaban J connectivity index is 1.77. The number of carbonyl (C=O) groups excluding carboxylic acids is 2. The first-order valence-corrected chi connectivity index (χ1v) is 10.6. The quantitative estimate of drug-likeness (QED) is 0.674. The van der Waals surface area contributed by atoms with Crippen LogP contribution >= 0.6 is 0 Å². The van der Waals surface area contributed by atoms with E-state index < -0.39 is 6.04 Å². The van der Waals surface area contributed by atoms with E-state index in [0.29, 0.717) is 17.3 Å². The summed E-state index contributed by atoms with van der Waals surface area (Å²) in [5.74, 6) is 0.261. The number of aryl methyl sites for hydroxylation is 3. The van der Waals surface area contributed by atoms with Crippen molar-refractivity contribution in [2.75, 3.05) is 5.32 Å². The van der Waals surface area contributed by atoms with E-state index in [1.54, 1.807) is 10.7 Å². The molecular weight excluding hydrogens is 388 g/mol. The molecule has 2 unspecified atom stereocenters. The molecule has 2 N–H and O–H groups in total. The molecule has 0 aliphatic carbocycles. The number of nitrogens with zero attached hydrogens (tertiary/aromatic N) is 2. The molecule has 2 atom stereocenters. The van der Waals surface area contributed by atoms with Gasteiger partial charge in [-0.2, -0.15) is 5.10 Å². The highest BCUT2D eigenvalue weighted by Gasteiger charge is 2.41. The maximum absolute atomic E-state index is 13.1. The maximum atomic E-state index is 13.1. The monoisotopic (exact) mass is 416 g/mol. The summed E-state index contributed by atoms with van der Waals surface area (Å²) < 4.78 is 1.69. The molecule has 1 aliphatic heterocycles. The second-order valence-corrected chi connectivity index (χ2v) is 8.58. The summed E-state index contributed by atoms with van der Waals surface area (Å²) in [6, 6.07) is 14.9. The Morgan fingerprint density at radius 1 is 1.13 bits per heavy atom.